The Morgan fingerprint density at radius 1 is 1.29 bits per heavy atom. The first kappa shape index (κ1) is 12.0. The average Bonchev–Trinajstić information content (AvgIpc) is 2.52. The molecule has 1 aromatic rings. The van der Waals surface area contributed by atoms with Crippen LogP contribution in [0.25, 0.3) is 0 Å². The number of nitrogens with one attached hydrogen (secondary N) is 1. The van der Waals surface area contributed by atoms with Crippen molar-refractivity contribution >= 4 is 0 Å². The third-order valence-electron chi connectivity index (χ3n) is 2.65. The van der Waals surface area contributed by atoms with E-state index in [4.69, 9.17) is 9.47 Å². The Balaban J connectivity index is 2.31. The standard InChI is InChI=1S/C12H17NO4/c1-13-7-10(15)8-5-11-12(6-9(8)14)17-4-2-3-16-11/h5-6,10,13-15H,2-4,7H2,1H3. The maximum Gasteiger partial charge on any atom is 0.164 e. The Bertz CT molecular complexity index is 394. The van der Waals surface area contributed by atoms with Crippen LogP contribution in [0.5, 0.6) is 17.2 Å². The molecule has 17 heavy (non-hydrogen) atoms. The van der Waals surface area contributed by atoms with E-state index < -0.39 is 6.10 Å². The summed E-state index contributed by atoms with van der Waals surface area (Å²) in [6.45, 7) is 1.53. The molecule has 2 rings (SSSR count). The van der Waals surface area contributed by atoms with E-state index in [0.717, 1.165) is 6.42 Å². The van der Waals surface area contributed by atoms with Gasteiger partial charge in [0.1, 0.15) is 5.75 Å². The number of hydrogen-bond donors (Lipinski definition) is 3. The van der Waals surface area contributed by atoms with Crippen LogP contribution in [0.4, 0.5) is 0 Å². The van der Waals surface area contributed by atoms with Crippen LogP contribution in [0, 0.1) is 0 Å². The zero-order valence-electron chi connectivity index (χ0n) is 9.77. The lowest BCUT2D eigenvalue weighted by Gasteiger charge is -2.15. The number of fused-ring (bicyclic) bond motifs is 1. The van der Waals surface area contributed by atoms with Gasteiger partial charge >= 0.3 is 0 Å². The molecule has 5 heteroatoms. The van der Waals surface area contributed by atoms with E-state index in [-0.39, 0.29) is 5.75 Å². The molecule has 0 saturated carbocycles. The van der Waals surface area contributed by atoms with Crippen molar-refractivity contribution in [3.8, 4) is 17.2 Å². The Morgan fingerprint density at radius 2 is 1.94 bits per heavy atom. The zero-order valence-corrected chi connectivity index (χ0v) is 9.77. The predicted octanol–water partition coefficient (Wildman–Crippen LogP) is 0.806. The quantitative estimate of drug-likeness (QED) is 0.728. The van der Waals surface area contributed by atoms with E-state index in [0.29, 0.717) is 36.8 Å². The lowest BCUT2D eigenvalue weighted by Crippen LogP contribution is -2.16. The molecule has 0 bridgehead atoms. The van der Waals surface area contributed by atoms with Gasteiger partial charge in [-0.2, -0.15) is 0 Å². The molecule has 1 atom stereocenters. The van der Waals surface area contributed by atoms with Crippen LogP contribution in [0.1, 0.15) is 18.1 Å². The molecular weight excluding hydrogens is 222 g/mol. The SMILES string of the molecule is CNCC(O)c1cc2c(cc1O)OCCCO2. The molecule has 1 heterocycles. The number of rotatable bonds is 3. The highest BCUT2D eigenvalue weighted by molar-refractivity contribution is 5.51. The third kappa shape index (κ3) is 2.62. The van der Waals surface area contributed by atoms with Crippen molar-refractivity contribution in [2.75, 3.05) is 26.8 Å². The highest BCUT2D eigenvalue weighted by Gasteiger charge is 2.18. The summed E-state index contributed by atoms with van der Waals surface area (Å²) in [5, 5.41) is 22.5. The molecule has 94 valence electrons. The topological polar surface area (TPSA) is 71.0 Å². The molecule has 5 nitrogen and oxygen atoms in total. The summed E-state index contributed by atoms with van der Waals surface area (Å²) < 4.78 is 10.9. The number of benzene rings is 1. The molecule has 0 fully saturated rings. The van der Waals surface area contributed by atoms with Gasteiger partial charge in [0, 0.05) is 24.6 Å². The van der Waals surface area contributed by atoms with Gasteiger partial charge in [-0.3, -0.25) is 0 Å². The highest BCUT2D eigenvalue weighted by Crippen LogP contribution is 2.38. The molecule has 0 aliphatic carbocycles. The number of phenolic OH excluding ortho intramolecular Hbond substituents is 1. The molecule has 0 radical (unpaired) electrons. The normalized spacial score (nSPS) is 16.4. The van der Waals surface area contributed by atoms with Gasteiger partial charge in [0.05, 0.1) is 19.3 Å². The van der Waals surface area contributed by atoms with Gasteiger partial charge in [0.25, 0.3) is 0 Å². The fraction of sp³-hybridized carbons (Fsp3) is 0.500. The second-order valence-corrected chi connectivity index (χ2v) is 3.98. The second kappa shape index (κ2) is 5.25. The van der Waals surface area contributed by atoms with Gasteiger partial charge in [-0.25, -0.2) is 0 Å². The van der Waals surface area contributed by atoms with E-state index in [1.165, 1.54) is 6.07 Å². The van der Waals surface area contributed by atoms with Crippen molar-refractivity contribution in [2.24, 2.45) is 0 Å². The van der Waals surface area contributed by atoms with E-state index in [1.54, 1.807) is 13.1 Å². The Morgan fingerprint density at radius 3 is 2.59 bits per heavy atom. The van der Waals surface area contributed by atoms with Crippen molar-refractivity contribution in [1.82, 2.24) is 5.32 Å². The molecule has 1 aliphatic heterocycles. The first-order valence-electron chi connectivity index (χ1n) is 5.67. The van der Waals surface area contributed by atoms with Gasteiger partial charge in [-0.15, -0.1) is 0 Å². The molecule has 0 aromatic heterocycles. The average molecular weight is 239 g/mol. The molecular formula is C12H17NO4. The molecule has 0 saturated heterocycles. The summed E-state index contributed by atoms with van der Waals surface area (Å²) in [5.74, 6) is 1.13. The highest BCUT2D eigenvalue weighted by atomic mass is 16.5. The van der Waals surface area contributed by atoms with Crippen LogP contribution in [-0.2, 0) is 0 Å². The first-order chi connectivity index (χ1) is 8.22. The number of phenols is 1. The second-order valence-electron chi connectivity index (χ2n) is 3.98. The summed E-state index contributed by atoms with van der Waals surface area (Å²) in [4.78, 5) is 0. The monoisotopic (exact) mass is 239 g/mol. The Labute approximate surface area is 100.0 Å². The molecule has 1 aromatic carbocycles. The number of hydrogen-bond acceptors (Lipinski definition) is 5. The van der Waals surface area contributed by atoms with E-state index >= 15 is 0 Å². The van der Waals surface area contributed by atoms with Gasteiger partial charge in [-0.1, -0.05) is 0 Å². The summed E-state index contributed by atoms with van der Waals surface area (Å²) in [6.07, 6.45) is 0.0428. The Hall–Kier alpha value is -1.46. The van der Waals surface area contributed by atoms with Crippen molar-refractivity contribution in [3.63, 3.8) is 0 Å². The third-order valence-corrected chi connectivity index (χ3v) is 2.65. The van der Waals surface area contributed by atoms with Crippen LogP contribution in [-0.4, -0.2) is 37.0 Å². The minimum Gasteiger partial charge on any atom is -0.507 e. The van der Waals surface area contributed by atoms with E-state index in [2.05, 4.69) is 5.32 Å². The molecule has 3 N–H and O–H groups in total. The summed E-state index contributed by atoms with van der Waals surface area (Å²) in [7, 11) is 1.74. The smallest absolute Gasteiger partial charge is 0.164 e. The van der Waals surface area contributed by atoms with Gasteiger partial charge < -0.3 is 25.0 Å². The zero-order chi connectivity index (χ0) is 12.3. The number of likely N-dealkylation sites (N-methyl/N-ethyl adjacent to an activating group) is 1. The van der Waals surface area contributed by atoms with Crippen molar-refractivity contribution in [1.29, 1.82) is 0 Å². The molecule has 0 amide bonds. The largest absolute Gasteiger partial charge is 0.507 e. The number of ether oxygens (including phenoxy) is 2. The van der Waals surface area contributed by atoms with Crippen molar-refractivity contribution in [3.05, 3.63) is 17.7 Å². The number of aromatic hydroxyl groups is 1. The van der Waals surface area contributed by atoms with Crippen molar-refractivity contribution in [2.45, 2.75) is 12.5 Å². The van der Waals surface area contributed by atoms with Crippen LogP contribution < -0.4 is 14.8 Å². The lowest BCUT2D eigenvalue weighted by atomic mass is 10.1. The van der Waals surface area contributed by atoms with Crippen LogP contribution in [0.15, 0.2) is 12.1 Å². The molecule has 1 unspecified atom stereocenters. The number of aliphatic hydroxyl groups excluding tert-OH is 1. The minimum absolute atomic E-state index is 0.0250. The summed E-state index contributed by atoms with van der Waals surface area (Å²) in [5.41, 5.74) is 0.448. The van der Waals surface area contributed by atoms with Gasteiger partial charge in [-0.05, 0) is 13.1 Å². The van der Waals surface area contributed by atoms with Crippen LogP contribution >= 0.6 is 0 Å². The molecule has 0 spiro atoms. The predicted molar refractivity (Wildman–Crippen MR) is 62.6 cm³/mol. The van der Waals surface area contributed by atoms with Gasteiger partial charge in [0.2, 0.25) is 0 Å². The Kier molecular flexibility index (Phi) is 3.71. The molecule has 1 aliphatic rings. The number of aliphatic hydroxyl groups is 1. The summed E-state index contributed by atoms with van der Waals surface area (Å²) in [6, 6.07) is 3.13. The summed E-state index contributed by atoms with van der Waals surface area (Å²) >= 11 is 0. The van der Waals surface area contributed by atoms with E-state index in [1.807, 2.05) is 0 Å². The van der Waals surface area contributed by atoms with E-state index in [9.17, 15) is 10.2 Å². The van der Waals surface area contributed by atoms with Gasteiger partial charge in [0.15, 0.2) is 11.5 Å². The van der Waals surface area contributed by atoms with Crippen LogP contribution in [0.2, 0.25) is 0 Å². The van der Waals surface area contributed by atoms with Crippen LogP contribution in [0.3, 0.4) is 0 Å². The first-order valence-corrected chi connectivity index (χ1v) is 5.67. The minimum atomic E-state index is -0.767. The maximum absolute atomic E-state index is 9.85. The maximum atomic E-state index is 9.85. The lowest BCUT2D eigenvalue weighted by molar-refractivity contribution is 0.173. The fourth-order valence-electron chi connectivity index (χ4n) is 1.78. The van der Waals surface area contributed by atoms with Crippen molar-refractivity contribution < 1.29 is 19.7 Å². The fourth-order valence-corrected chi connectivity index (χ4v) is 1.78.